The van der Waals surface area contributed by atoms with Crippen LogP contribution in [0, 0.1) is 5.92 Å². The molecule has 0 aliphatic carbocycles. The van der Waals surface area contributed by atoms with Gasteiger partial charge in [-0.05, 0) is 63.4 Å². The van der Waals surface area contributed by atoms with Gasteiger partial charge in [-0.25, -0.2) is 8.42 Å². The number of anilines is 1. The third-order valence-corrected chi connectivity index (χ3v) is 7.69. The van der Waals surface area contributed by atoms with Gasteiger partial charge < -0.3 is 24.4 Å². The molecule has 11 nitrogen and oxygen atoms in total. The molecule has 3 rings (SSSR count). The first-order valence-electron chi connectivity index (χ1n) is 13.9. The summed E-state index contributed by atoms with van der Waals surface area (Å²) in [6.45, 7) is 6.34. The second-order valence-corrected chi connectivity index (χ2v) is 12.6. The number of hydrogen-bond donors (Lipinski definition) is 2. The van der Waals surface area contributed by atoms with Crippen LogP contribution >= 0.6 is 0 Å². The zero-order valence-electron chi connectivity index (χ0n) is 24.4. The van der Waals surface area contributed by atoms with E-state index in [0.29, 0.717) is 24.5 Å². The van der Waals surface area contributed by atoms with E-state index < -0.39 is 22.0 Å². The maximum atomic E-state index is 14.0. The fraction of sp³-hybridized carbons (Fsp3) is 0.552. The molecule has 226 valence electrons. The molecule has 0 unspecified atom stereocenters. The minimum absolute atomic E-state index is 0.162. The highest BCUT2D eigenvalue weighted by atomic mass is 32.2. The molecule has 2 aromatic rings. The molecular formula is C29H42N4O7S. The van der Waals surface area contributed by atoms with Crippen molar-refractivity contribution >= 4 is 27.5 Å². The number of carbonyl (C=O) groups excluding carboxylic acids is 2. The molecule has 41 heavy (non-hydrogen) atoms. The predicted octanol–water partition coefficient (Wildman–Crippen LogP) is 3.02. The summed E-state index contributed by atoms with van der Waals surface area (Å²) in [5.41, 5.74) is 0.947. The number of ether oxygens (including phenoxy) is 2. The van der Waals surface area contributed by atoms with E-state index >= 15 is 0 Å². The van der Waals surface area contributed by atoms with Gasteiger partial charge in [-0.3, -0.25) is 19.3 Å². The van der Waals surface area contributed by atoms with Gasteiger partial charge in [0.1, 0.15) is 5.75 Å². The SMILES string of the molecule is C[C@H](CO)N1C[C@H](C)[C@@H](CN(C)C(=O)c2ccncc2)OCCCC[C@H](C)Oc2ccc(NS(C)(=O)=O)cc2C1=O. The van der Waals surface area contributed by atoms with Gasteiger partial charge in [-0.15, -0.1) is 0 Å². The number of aromatic nitrogens is 1. The Bertz CT molecular complexity index is 1280. The number of fused-ring (bicyclic) bond motifs is 1. The number of aliphatic hydroxyl groups excluding tert-OH is 1. The lowest BCUT2D eigenvalue weighted by Crippen LogP contribution is -2.48. The van der Waals surface area contributed by atoms with Crippen LogP contribution in [0.1, 0.15) is 60.7 Å². The third-order valence-electron chi connectivity index (χ3n) is 7.08. The van der Waals surface area contributed by atoms with Gasteiger partial charge in [-0.1, -0.05) is 6.92 Å². The van der Waals surface area contributed by atoms with Crippen LogP contribution in [0.15, 0.2) is 42.7 Å². The van der Waals surface area contributed by atoms with Crippen molar-refractivity contribution in [2.45, 2.75) is 58.3 Å². The summed E-state index contributed by atoms with van der Waals surface area (Å²) >= 11 is 0. The number of nitrogens with zero attached hydrogens (tertiary/aromatic N) is 3. The van der Waals surface area contributed by atoms with Crippen molar-refractivity contribution in [3.63, 3.8) is 0 Å². The Kier molecular flexibility index (Phi) is 11.5. The molecule has 0 fully saturated rings. The van der Waals surface area contributed by atoms with E-state index in [1.165, 1.54) is 6.07 Å². The fourth-order valence-electron chi connectivity index (χ4n) is 4.73. The lowest BCUT2D eigenvalue weighted by Gasteiger charge is -2.36. The number of amides is 2. The molecule has 1 aliphatic heterocycles. The third kappa shape index (κ3) is 9.40. The van der Waals surface area contributed by atoms with Gasteiger partial charge in [-0.2, -0.15) is 0 Å². The first-order valence-corrected chi connectivity index (χ1v) is 15.8. The Morgan fingerprint density at radius 2 is 1.93 bits per heavy atom. The smallest absolute Gasteiger partial charge is 0.258 e. The van der Waals surface area contributed by atoms with E-state index in [2.05, 4.69) is 9.71 Å². The highest BCUT2D eigenvalue weighted by Crippen LogP contribution is 2.29. The van der Waals surface area contributed by atoms with Crippen LogP contribution in [0.2, 0.25) is 0 Å². The van der Waals surface area contributed by atoms with Gasteiger partial charge in [0.15, 0.2) is 0 Å². The molecule has 12 heteroatoms. The van der Waals surface area contributed by atoms with Gasteiger partial charge in [0.2, 0.25) is 10.0 Å². The molecule has 0 bridgehead atoms. The number of nitrogens with one attached hydrogen (secondary N) is 1. The molecule has 0 saturated carbocycles. The highest BCUT2D eigenvalue weighted by Gasteiger charge is 2.31. The Morgan fingerprint density at radius 3 is 2.59 bits per heavy atom. The maximum Gasteiger partial charge on any atom is 0.258 e. The van der Waals surface area contributed by atoms with Gasteiger partial charge in [0, 0.05) is 56.3 Å². The Labute approximate surface area is 242 Å². The van der Waals surface area contributed by atoms with E-state index in [0.717, 1.165) is 25.5 Å². The van der Waals surface area contributed by atoms with Crippen LogP contribution in [0.5, 0.6) is 5.75 Å². The molecule has 1 aliphatic rings. The van der Waals surface area contributed by atoms with E-state index in [-0.39, 0.29) is 48.4 Å². The first-order chi connectivity index (χ1) is 19.4. The summed E-state index contributed by atoms with van der Waals surface area (Å²) in [5.74, 6) is -0.444. The first kappa shape index (κ1) is 32.3. The quantitative estimate of drug-likeness (QED) is 0.502. The summed E-state index contributed by atoms with van der Waals surface area (Å²) in [6.07, 6.45) is 5.93. The summed E-state index contributed by atoms with van der Waals surface area (Å²) in [6, 6.07) is 7.40. The van der Waals surface area contributed by atoms with Crippen LogP contribution < -0.4 is 9.46 Å². The second-order valence-electron chi connectivity index (χ2n) is 10.8. The zero-order chi connectivity index (χ0) is 30.2. The number of likely N-dealkylation sites (N-methyl/N-ethyl adjacent to an activating group) is 1. The van der Waals surface area contributed by atoms with Crippen LogP contribution in [-0.4, -0.2) is 98.0 Å². The fourth-order valence-corrected chi connectivity index (χ4v) is 5.29. The minimum Gasteiger partial charge on any atom is -0.490 e. The molecule has 2 heterocycles. The van der Waals surface area contributed by atoms with Crippen molar-refractivity contribution in [3.8, 4) is 5.75 Å². The zero-order valence-corrected chi connectivity index (χ0v) is 25.3. The summed E-state index contributed by atoms with van der Waals surface area (Å²) in [7, 11) is -1.86. The minimum atomic E-state index is -3.58. The Morgan fingerprint density at radius 1 is 1.22 bits per heavy atom. The van der Waals surface area contributed by atoms with Crippen LogP contribution in [-0.2, 0) is 14.8 Å². The van der Waals surface area contributed by atoms with Crippen molar-refractivity contribution in [2.75, 3.05) is 44.3 Å². The van der Waals surface area contributed by atoms with E-state index in [9.17, 15) is 23.1 Å². The van der Waals surface area contributed by atoms with Gasteiger partial charge in [0.05, 0.1) is 36.7 Å². The monoisotopic (exact) mass is 590 g/mol. The Balaban J connectivity index is 1.95. The summed E-state index contributed by atoms with van der Waals surface area (Å²) in [4.78, 5) is 34.2. The van der Waals surface area contributed by atoms with Gasteiger partial charge in [0.25, 0.3) is 11.8 Å². The highest BCUT2D eigenvalue weighted by molar-refractivity contribution is 7.92. The standard InChI is InChI=1S/C29H42N4O7S/c1-20-17-33(21(2)19-34)29(36)25-16-24(31-41(5,37)38)9-10-26(25)40-22(3)8-6-7-15-39-27(20)18-32(4)28(35)23-11-13-30-14-12-23/h9-14,16,20-22,27,31,34H,6-8,15,17-19H2,1-5H3/t20-,21+,22-,27+/m0/s1. The molecule has 1 aromatic carbocycles. The van der Waals surface area contributed by atoms with Crippen LogP contribution in [0.3, 0.4) is 0 Å². The van der Waals surface area contributed by atoms with E-state index in [4.69, 9.17) is 9.47 Å². The molecule has 4 atom stereocenters. The number of carbonyl (C=O) groups is 2. The predicted molar refractivity (Wildman–Crippen MR) is 157 cm³/mol. The van der Waals surface area contributed by atoms with Gasteiger partial charge >= 0.3 is 0 Å². The van der Waals surface area contributed by atoms with E-state index in [1.54, 1.807) is 60.4 Å². The topological polar surface area (TPSA) is 138 Å². The number of aliphatic hydroxyl groups is 1. The summed E-state index contributed by atoms with van der Waals surface area (Å²) < 4.78 is 38.7. The van der Waals surface area contributed by atoms with Crippen molar-refractivity contribution in [1.29, 1.82) is 0 Å². The molecule has 0 radical (unpaired) electrons. The maximum absolute atomic E-state index is 14.0. The van der Waals surface area contributed by atoms with Crippen molar-refractivity contribution < 1.29 is 32.6 Å². The van der Waals surface area contributed by atoms with Crippen molar-refractivity contribution in [2.24, 2.45) is 5.92 Å². The lowest BCUT2D eigenvalue weighted by molar-refractivity contribution is -0.0149. The molecule has 0 spiro atoms. The van der Waals surface area contributed by atoms with Crippen molar-refractivity contribution in [1.82, 2.24) is 14.8 Å². The Hall–Kier alpha value is -3.22. The summed E-state index contributed by atoms with van der Waals surface area (Å²) in [5, 5.41) is 10.1. The average Bonchev–Trinajstić information content (AvgIpc) is 2.93. The number of benzene rings is 1. The molecule has 2 N–H and O–H groups in total. The number of rotatable bonds is 7. The van der Waals surface area contributed by atoms with Crippen molar-refractivity contribution in [3.05, 3.63) is 53.9 Å². The average molecular weight is 591 g/mol. The number of pyridine rings is 1. The van der Waals surface area contributed by atoms with Crippen LogP contribution in [0.4, 0.5) is 5.69 Å². The number of sulfonamides is 1. The van der Waals surface area contributed by atoms with E-state index in [1.807, 2.05) is 13.8 Å². The largest absolute Gasteiger partial charge is 0.490 e. The second kappa shape index (κ2) is 14.6. The normalized spacial score (nSPS) is 21.7. The molecular weight excluding hydrogens is 548 g/mol. The molecule has 1 aromatic heterocycles. The number of hydrogen-bond acceptors (Lipinski definition) is 8. The molecule has 0 saturated heterocycles. The molecule has 2 amide bonds. The lowest BCUT2D eigenvalue weighted by atomic mass is 10.0. The van der Waals surface area contributed by atoms with Crippen LogP contribution in [0.25, 0.3) is 0 Å².